The van der Waals surface area contributed by atoms with Crippen LogP contribution in [-0.2, 0) is 16.1 Å². The number of nitrogens with zero attached hydrogens (tertiary/aromatic N) is 3. The van der Waals surface area contributed by atoms with E-state index in [1.807, 2.05) is 4.90 Å². The third-order valence-electron chi connectivity index (χ3n) is 3.35. The maximum Gasteiger partial charge on any atom is 0.316 e. The van der Waals surface area contributed by atoms with Crippen molar-refractivity contribution in [2.75, 3.05) is 38.7 Å². The number of nitrogens with one attached hydrogen (secondary N) is 2. The van der Waals surface area contributed by atoms with Crippen molar-refractivity contribution in [1.82, 2.24) is 20.4 Å². The smallest absolute Gasteiger partial charge is 0.316 e. The summed E-state index contributed by atoms with van der Waals surface area (Å²) in [6.45, 7) is 5.30. The molecule has 1 amide bonds. The zero-order valence-electron chi connectivity index (χ0n) is 12.6. The van der Waals surface area contributed by atoms with E-state index in [-0.39, 0.29) is 18.0 Å². The van der Waals surface area contributed by atoms with E-state index < -0.39 is 0 Å². The molecule has 2 rings (SSSR count). The summed E-state index contributed by atoms with van der Waals surface area (Å²) < 4.78 is 10.4. The van der Waals surface area contributed by atoms with Crippen LogP contribution < -0.4 is 10.6 Å². The van der Waals surface area contributed by atoms with Crippen LogP contribution in [0, 0.1) is 0 Å². The number of carbonyl (C=O) groups excluding carboxylic acids is 1. The fraction of sp³-hybridized carbons (Fsp3) is 0.769. The lowest BCUT2D eigenvalue weighted by atomic mass is 10.3. The Labute approximate surface area is 124 Å². The summed E-state index contributed by atoms with van der Waals surface area (Å²) in [5.41, 5.74) is 0. The van der Waals surface area contributed by atoms with Gasteiger partial charge in [0.1, 0.15) is 6.04 Å². The minimum Gasteiger partial charge on any atom is -0.407 e. The van der Waals surface area contributed by atoms with Crippen molar-refractivity contribution in [2.45, 2.75) is 32.4 Å². The van der Waals surface area contributed by atoms with Crippen molar-refractivity contribution in [2.24, 2.45) is 0 Å². The number of aromatic nitrogens is 2. The SMILES string of the molecule is COCCNCc1nnc(NC(C)C(=O)N2CCCC2)o1. The van der Waals surface area contributed by atoms with E-state index in [1.165, 1.54) is 0 Å². The van der Waals surface area contributed by atoms with Gasteiger partial charge in [0.25, 0.3) is 0 Å². The molecule has 0 spiro atoms. The lowest BCUT2D eigenvalue weighted by molar-refractivity contribution is -0.130. The highest BCUT2D eigenvalue weighted by molar-refractivity contribution is 5.83. The molecular formula is C13H23N5O3. The van der Waals surface area contributed by atoms with Gasteiger partial charge in [0.05, 0.1) is 13.2 Å². The maximum absolute atomic E-state index is 12.1. The molecule has 1 fully saturated rings. The van der Waals surface area contributed by atoms with Crippen molar-refractivity contribution in [1.29, 1.82) is 0 Å². The highest BCUT2D eigenvalue weighted by Crippen LogP contribution is 2.12. The van der Waals surface area contributed by atoms with Crippen molar-refractivity contribution < 1.29 is 13.9 Å². The topological polar surface area (TPSA) is 92.5 Å². The Morgan fingerprint density at radius 1 is 1.43 bits per heavy atom. The summed E-state index contributed by atoms with van der Waals surface area (Å²) >= 11 is 0. The van der Waals surface area contributed by atoms with Gasteiger partial charge < -0.3 is 24.7 Å². The summed E-state index contributed by atoms with van der Waals surface area (Å²) in [6, 6.07) is -0.0866. The predicted molar refractivity (Wildman–Crippen MR) is 76.8 cm³/mol. The van der Waals surface area contributed by atoms with Crippen LogP contribution in [0.2, 0.25) is 0 Å². The number of likely N-dealkylation sites (tertiary alicyclic amines) is 1. The Kier molecular flexibility index (Phi) is 5.94. The highest BCUT2D eigenvalue weighted by atomic mass is 16.5. The quantitative estimate of drug-likeness (QED) is 0.663. The second-order valence-corrected chi connectivity index (χ2v) is 5.07. The summed E-state index contributed by atoms with van der Waals surface area (Å²) in [4.78, 5) is 14.0. The molecule has 2 N–H and O–H groups in total. The average molecular weight is 297 g/mol. The third-order valence-corrected chi connectivity index (χ3v) is 3.35. The lowest BCUT2D eigenvalue weighted by Crippen LogP contribution is -2.39. The van der Waals surface area contributed by atoms with Crippen molar-refractivity contribution in [3.05, 3.63) is 5.89 Å². The average Bonchev–Trinajstić information content (AvgIpc) is 3.14. The molecule has 1 aliphatic heterocycles. The molecule has 0 bridgehead atoms. The Balaban J connectivity index is 1.77. The molecule has 2 heterocycles. The minimum absolute atomic E-state index is 0.0745. The number of carbonyl (C=O) groups is 1. The van der Waals surface area contributed by atoms with Gasteiger partial charge in [0.15, 0.2) is 0 Å². The molecule has 1 aromatic heterocycles. The number of hydrogen-bond acceptors (Lipinski definition) is 7. The summed E-state index contributed by atoms with van der Waals surface area (Å²) in [6.07, 6.45) is 2.16. The predicted octanol–water partition coefficient (Wildman–Crippen LogP) is 0.228. The molecule has 1 saturated heterocycles. The van der Waals surface area contributed by atoms with Gasteiger partial charge in [-0.2, -0.15) is 0 Å². The van der Waals surface area contributed by atoms with Crippen LogP contribution in [0.1, 0.15) is 25.7 Å². The van der Waals surface area contributed by atoms with Crippen LogP contribution in [-0.4, -0.2) is 60.4 Å². The van der Waals surface area contributed by atoms with E-state index >= 15 is 0 Å². The molecule has 0 aromatic carbocycles. The third kappa shape index (κ3) is 4.68. The first-order valence-electron chi connectivity index (χ1n) is 7.28. The van der Waals surface area contributed by atoms with Crippen LogP contribution in [0.3, 0.4) is 0 Å². The van der Waals surface area contributed by atoms with E-state index in [0.29, 0.717) is 25.6 Å². The molecule has 0 aliphatic carbocycles. The largest absolute Gasteiger partial charge is 0.407 e. The van der Waals surface area contributed by atoms with Gasteiger partial charge in [-0.3, -0.25) is 4.79 Å². The first kappa shape index (κ1) is 15.7. The Morgan fingerprint density at radius 3 is 2.90 bits per heavy atom. The highest BCUT2D eigenvalue weighted by Gasteiger charge is 2.24. The van der Waals surface area contributed by atoms with Gasteiger partial charge in [-0.25, -0.2) is 0 Å². The molecule has 1 atom stereocenters. The number of amides is 1. The fourth-order valence-corrected chi connectivity index (χ4v) is 2.21. The Morgan fingerprint density at radius 2 is 2.19 bits per heavy atom. The number of anilines is 1. The number of hydrogen-bond donors (Lipinski definition) is 2. The number of rotatable bonds is 8. The molecule has 0 radical (unpaired) electrons. The van der Waals surface area contributed by atoms with Gasteiger partial charge in [-0.05, 0) is 19.8 Å². The second-order valence-electron chi connectivity index (χ2n) is 5.07. The monoisotopic (exact) mass is 297 g/mol. The molecule has 8 nitrogen and oxygen atoms in total. The number of methoxy groups -OCH3 is 1. The van der Waals surface area contributed by atoms with E-state index in [2.05, 4.69) is 20.8 Å². The second kappa shape index (κ2) is 7.94. The zero-order valence-corrected chi connectivity index (χ0v) is 12.6. The maximum atomic E-state index is 12.1. The fourth-order valence-electron chi connectivity index (χ4n) is 2.21. The molecule has 8 heteroatoms. The van der Waals surface area contributed by atoms with Crippen LogP contribution in [0.25, 0.3) is 0 Å². The summed E-state index contributed by atoms with van der Waals surface area (Å²) in [7, 11) is 1.65. The molecule has 0 saturated carbocycles. The van der Waals surface area contributed by atoms with Crippen molar-refractivity contribution >= 4 is 11.9 Å². The van der Waals surface area contributed by atoms with E-state index in [1.54, 1.807) is 14.0 Å². The summed E-state index contributed by atoms with van der Waals surface area (Å²) in [5, 5.41) is 13.9. The van der Waals surface area contributed by atoms with Crippen LogP contribution >= 0.6 is 0 Å². The first-order chi connectivity index (χ1) is 10.2. The van der Waals surface area contributed by atoms with Crippen LogP contribution in [0.5, 0.6) is 0 Å². The Hall–Kier alpha value is -1.67. The van der Waals surface area contributed by atoms with E-state index in [9.17, 15) is 4.79 Å². The molecule has 1 unspecified atom stereocenters. The van der Waals surface area contributed by atoms with Crippen LogP contribution in [0.4, 0.5) is 6.01 Å². The van der Waals surface area contributed by atoms with E-state index in [0.717, 1.165) is 25.9 Å². The minimum atomic E-state index is -0.363. The molecule has 21 heavy (non-hydrogen) atoms. The van der Waals surface area contributed by atoms with Crippen molar-refractivity contribution in [3.63, 3.8) is 0 Å². The van der Waals surface area contributed by atoms with Gasteiger partial charge in [0, 0.05) is 26.7 Å². The Bertz CT molecular complexity index is 445. The number of ether oxygens (including phenoxy) is 1. The van der Waals surface area contributed by atoms with Gasteiger partial charge in [-0.15, -0.1) is 5.10 Å². The van der Waals surface area contributed by atoms with Gasteiger partial charge in [-0.1, -0.05) is 5.10 Å². The molecule has 118 valence electrons. The van der Waals surface area contributed by atoms with Crippen LogP contribution in [0.15, 0.2) is 4.42 Å². The lowest BCUT2D eigenvalue weighted by Gasteiger charge is -2.20. The van der Waals surface area contributed by atoms with Crippen molar-refractivity contribution in [3.8, 4) is 0 Å². The molecule has 1 aliphatic rings. The molecular weight excluding hydrogens is 274 g/mol. The van der Waals surface area contributed by atoms with Gasteiger partial charge >= 0.3 is 6.01 Å². The van der Waals surface area contributed by atoms with E-state index in [4.69, 9.17) is 9.15 Å². The zero-order chi connectivity index (χ0) is 15.1. The summed E-state index contributed by atoms with van der Waals surface area (Å²) in [5.74, 6) is 0.555. The normalized spacial score (nSPS) is 16.2. The first-order valence-corrected chi connectivity index (χ1v) is 7.28. The molecule has 1 aromatic rings. The standard InChI is InChI=1S/C13H23N5O3/c1-10(12(19)18-6-3-4-7-18)15-13-17-16-11(21-13)9-14-5-8-20-2/h10,14H,3-9H2,1-2H3,(H,15,17). The van der Waals surface area contributed by atoms with Gasteiger partial charge in [0.2, 0.25) is 11.8 Å².